The molecule has 0 saturated heterocycles. The van der Waals surface area contributed by atoms with Crippen LogP contribution in [0.2, 0.25) is 0 Å². The molecule has 0 atom stereocenters. The topological polar surface area (TPSA) is 47.4 Å². The van der Waals surface area contributed by atoms with E-state index < -0.39 is 0 Å². The predicted molar refractivity (Wildman–Crippen MR) is 108 cm³/mol. The molecule has 1 aliphatic heterocycles. The van der Waals surface area contributed by atoms with Crippen molar-refractivity contribution in [3.8, 4) is 17.0 Å². The largest absolute Gasteiger partial charge is 0.496 e. The van der Waals surface area contributed by atoms with Gasteiger partial charge in [0.25, 0.3) is 5.91 Å². The normalized spacial score (nSPS) is 14.1. The molecular weight excluding hydrogens is 358 g/mol. The van der Waals surface area contributed by atoms with E-state index in [4.69, 9.17) is 4.74 Å². The molecule has 1 amide bonds. The van der Waals surface area contributed by atoms with Crippen molar-refractivity contribution in [2.75, 3.05) is 20.2 Å². The van der Waals surface area contributed by atoms with Gasteiger partial charge in [0.15, 0.2) is 0 Å². The number of nitrogens with zero attached hydrogens (tertiary/aromatic N) is 3. The molecule has 138 valence electrons. The van der Waals surface area contributed by atoms with Gasteiger partial charge >= 0.3 is 0 Å². The Hall–Kier alpha value is -2.86. The Labute approximate surface area is 162 Å². The van der Waals surface area contributed by atoms with Crippen LogP contribution in [0.25, 0.3) is 16.8 Å². The van der Waals surface area contributed by atoms with Gasteiger partial charge in [0.05, 0.1) is 12.7 Å². The fourth-order valence-electron chi connectivity index (χ4n) is 3.39. The number of para-hydroxylation sites is 1. The number of methoxy groups -OCH3 is 1. The monoisotopic (exact) mass is 379 g/mol. The molecule has 0 unspecified atom stereocenters. The lowest BCUT2D eigenvalue weighted by molar-refractivity contribution is 0.0773. The van der Waals surface area contributed by atoms with E-state index in [9.17, 15) is 4.79 Å². The lowest BCUT2D eigenvalue weighted by Gasteiger charge is -2.26. The zero-order chi connectivity index (χ0) is 18.8. The number of aryl methyl sites for hydroxylation is 1. The lowest BCUT2D eigenvalue weighted by Crippen LogP contribution is -2.34. The van der Waals surface area contributed by atoms with E-state index in [-0.39, 0.29) is 5.91 Å². The van der Waals surface area contributed by atoms with Gasteiger partial charge in [0.1, 0.15) is 11.4 Å². The number of carbonyl (C=O) groups is 1. The van der Waals surface area contributed by atoms with Crippen molar-refractivity contribution in [3.05, 3.63) is 64.5 Å². The van der Waals surface area contributed by atoms with Crippen molar-refractivity contribution < 1.29 is 9.53 Å². The van der Waals surface area contributed by atoms with E-state index in [1.165, 1.54) is 10.5 Å². The first-order valence-corrected chi connectivity index (χ1v) is 9.74. The second kappa shape index (κ2) is 7.40. The highest BCUT2D eigenvalue weighted by atomic mass is 32.1. The van der Waals surface area contributed by atoms with Gasteiger partial charge in [-0.25, -0.2) is 0 Å². The van der Waals surface area contributed by atoms with Crippen LogP contribution >= 0.6 is 11.3 Å². The molecule has 4 rings (SSSR count). The third kappa shape index (κ3) is 3.40. The van der Waals surface area contributed by atoms with Crippen LogP contribution in [0.4, 0.5) is 0 Å². The van der Waals surface area contributed by atoms with Gasteiger partial charge in [-0.3, -0.25) is 9.48 Å². The molecule has 1 aromatic carbocycles. The maximum Gasteiger partial charge on any atom is 0.257 e. The highest BCUT2D eigenvalue weighted by Crippen LogP contribution is 2.32. The number of hydrogen-bond donors (Lipinski definition) is 0. The minimum absolute atomic E-state index is 0.00508. The van der Waals surface area contributed by atoms with E-state index in [0.29, 0.717) is 30.1 Å². The van der Waals surface area contributed by atoms with Crippen LogP contribution in [0, 0.1) is 0 Å². The van der Waals surface area contributed by atoms with Crippen molar-refractivity contribution >= 4 is 22.8 Å². The standard InChI is InChI=1S/C21H21N3O2S/c1-23-14-17(20(22-23)16-6-3-4-7-18(16)26-2)21(25)24-11-9-15(10-12-24)19-8-5-13-27-19/h3-9,13-14H,10-12H2,1-2H3. The first-order chi connectivity index (χ1) is 13.2. The van der Waals surface area contributed by atoms with Crippen LogP contribution in [0.5, 0.6) is 5.75 Å². The van der Waals surface area contributed by atoms with Crippen LogP contribution in [0.1, 0.15) is 21.7 Å². The third-order valence-electron chi connectivity index (χ3n) is 4.76. The Morgan fingerprint density at radius 1 is 1.22 bits per heavy atom. The fourth-order valence-corrected chi connectivity index (χ4v) is 4.19. The van der Waals surface area contributed by atoms with Crippen molar-refractivity contribution in [3.63, 3.8) is 0 Å². The molecule has 27 heavy (non-hydrogen) atoms. The third-order valence-corrected chi connectivity index (χ3v) is 5.70. The molecule has 0 fully saturated rings. The van der Waals surface area contributed by atoms with Gasteiger partial charge in [0, 0.05) is 36.8 Å². The maximum atomic E-state index is 13.2. The van der Waals surface area contributed by atoms with Gasteiger partial charge < -0.3 is 9.64 Å². The summed E-state index contributed by atoms with van der Waals surface area (Å²) in [7, 11) is 3.46. The predicted octanol–water partition coefficient (Wildman–Crippen LogP) is 4.09. The number of aromatic nitrogens is 2. The van der Waals surface area contributed by atoms with Crippen molar-refractivity contribution in [2.45, 2.75) is 6.42 Å². The van der Waals surface area contributed by atoms with Gasteiger partial charge in [-0.15, -0.1) is 11.3 Å². The molecule has 1 aliphatic rings. The second-order valence-corrected chi connectivity index (χ2v) is 7.42. The molecule has 3 aromatic rings. The summed E-state index contributed by atoms with van der Waals surface area (Å²) >= 11 is 1.74. The summed E-state index contributed by atoms with van der Waals surface area (Å²) < 4.78 is 7.15. The Kier molecular flexibility index (Phi) is 4.81. The SMILES string of the molecule is COc1ccccc1-c1nn(C)cc1C(=O)N1CC=C(c2cccs2)CC1. The van der Waals surface area contributed by atoms with Crippen LogP contribution < -0.4 is 4.74 Å². The number of ether oxygens (including phenoxy) is 1. The first kappa shape index (κ1) is 17.5. The molecule has 0 saturated carbocycles. The maximum absolute atomic E-state index is 13.2. The smallest absolute Gasteiger partial charge is 0.257 e. The molecule has 0 bridgehead atoms. The summed E-state index contributed by atoms with van der Waals surface area (Å²) in [6.45, 7) is 1.33. The molecule has 0 spiro atoms. The van der Waals surface area contributed by atoms with Crippen LogP contribution in [0.3, 0.4) is 0 Å². The minimum Gasteiger partial charge on any atom is -0.496 e. The van der Waals surface area contributed by atoms with E-state index in [2.05, 4.69) is 28.7 Å². The van der Waals surface area contributed by atoms with Gasteiger partial charge in [-0.05, 0) is 35.6 Å². The van der Waals surface area contributed by atoms with Crippen molar-refractivity contribution in [1.29, 1.82) is 0 Å². The summed E-state index contributed by atoms with van der Waals surface area (Å²) in [6, 6.07) is 11.9. The Morgan fingerprint density at radius 3 is 2.78 bits per heavy atom. The molecular formula is C21H21N3O2S. The number of hydrogen-bond acceptors (Lipinski definition) is 4. The van der Waals surface area contributed by atoms with E-state index in [1.807, 2.05) is 36.2 Å². The Morgan fingerprint density at radius 2 is 2.07 bits per heavy atom. The average Bonchev–Trinajstić information content (AvgIpc) is 3.37. The summed E-state index contributed by atoms with van der Waals surface area (Å²) in [5, 5.41) is 6.62. The molecule has 3 heterocycles. The zero-order valence-electron chi connectivity index (χ0n) is 15.4. The number of amides is 1. The number of thiophene rings is 1. The zero-order valence-corrected chi connectivity index (χ0v) is 16.2. The van der Waals surface area contributed by atoms with Crippen molar-refractivity contribution in [2.24, 2.45) is 7.05 Å². The number of rotatable bonds is 4. The minimum atomic E-state index is 0.00508. The summed E-state index contributed by atoms with van der Waals surface area (Å²) in [5.74, 6) is 0.717. The number of benzene rings is 1. The highest BCUT2D eigenvalue weighted by Gasteiger charge is 2.25. The molecule has 0 aliphatic carbocycles. The Balaban J connectivity index is 1.62. The van der Waals surface area contributed by atoms with E-state index >= 15 is 0 Å². The van der Waals surface area contributed by atoms with Crippen LogP contribution in [0.15, 0.2) is 54.1 Å². The first-order valence-electron chi connectivity index (χ1n) is 8.86. The average molecular weight is 379 g/mol. The molecule has 0 N–H and O–H groups in total. The highest BCUT2D eigenvalue weighted by molar-refractivity contribution is 7.11. The summed E-state index contributed by atoms with van der Waals surface area (Å²) in [5.41, 5.74) is 3.42. The lowest BCUT2D eigenvalue weighted by atomic mass is 10.0. The summed E-state index contributed by atoms with van der Waals surface area (Å²) in [6.07, 6.45) is 4.82. The van der Waals surface area contributed by atoms with E-state index in [0.717, 1.165) is 12.0 Å². The molecule has 5 nitrogen and oxygen atoms in total. The molecule has 0 radical (unpaired) electrons. The second-order valence-electron chi connectivity index (χ2n) is 6.47. The van der Waals surface area contributed by atoms with Gasteiger partial charge in [-0.1, -0.05) is 24.3 Å². The van der Waals surface area contributed by atoms with Gasteiger partial charge in [-0.2, -0.15) is 5.10 Å². The van der Waals surface area contributed by atoms with E-state index in [1.54, 1.807) is 29.3 Å². The molecule has 2 aromatic heterocycles. The Bertz CT molecular complexity index is 989. The fraction of sp³-hybridized carbons (Fsp3) is 0.238. The quantitative estimate of drug-likeness (QED) is 0.686. The van der Waals surface area contributed by atoms with Crippen molar-refractivity contribution in [1.82, 2.24) is 14.7 Å². The van der Waals surface area contributed by atoms with Gasteiger partial charge in [0.2, 0.25) is 0 Å². The molecule has 6 heteroatoms. The van der Waals surface area contributed by atoms with Crippen LogP contribution in [-0.4, -0.2) is 40.8 Å². The number of carbonyl (C=O) groups excluding carboxylic acids is 1. The summed E-state index contributed by atoms with van der Waals surface area (Å²) in [4.78, 5) is 16.4. The van der Waals surface area contributed by atoms with Crippen LogP contribution in [-0.2, 0) is 7.05 Å².